The SMILES string of the molecule is CCCCOC(=O)N1CCN(c2ccc([N+](=O)[O-])nc2)C(=O)C1. The van der Waals surface area contributed by atoms with Crippen LogP contribution in [0.5, 0.6) is 0 Å². The van der Waals surface area contributed by atoms with E-state index in [9.17, 15) is 19.7 Å². The van der Waals surface area contributed by atoms with Crippen molar-refractivity contribution in [3.05, 3.63) is 28.4 Å². The van der Waals surface area contributed by atoms with Crippen molar-refractivity contribution in [3.63, 3.8) is 0 Å². The Hall–Kier alpha value is -2.71. The van der Waals surface area contributed by atoms with E-state index in [2.05, 4.69) is 4.98 Å². The molecule has 0 N–H and O–H groups in total. The molecule has 9 nitrogen and oxygen atoms in total. The van der Waals surface area contributed by atoms with Crippen LogP contribution in [0.4, 0.5) is 16.3 Å². The van der Waals surface area contributed by atoms with Gasteiger partial charge in [0.1, 0.15) is 6.54 Å². The van der Waals surface area contributed by atoms with Crippen LogP contribution in [0, 0.1) is 10.1 Å². The largest absolute Gasteiger partial charge is 0.449 e. The Kier molecular flexibility index (Phi) is 5.45. The predicted molar refractivity (Wildman–Crippen MR) is 81.1 cm³/mol. The molecule has 0 aromatic carbocycles. The van der Waals surface area contributed by atoms with Gasteiger partial charge in [0.2, 0.25) is 5.91 Å². The molecule has 0 radical (unpaired) electrons. The zero-order valence-electron chi connectivity index (χ0n) is 12.8. The van der Waals surface area contributed by atoms with Gasteiger partial charge in [0.05, 0.1) is 12.3 Å². The second-order valence-electron chi connectivity index (χ2n) is 5.07. The Morgan fingerprint density at radius 3 is 2.78 bits per heavy atom. The maximum absolute atomic E-state index is 12.2. The van der Waals surface area contributed by atoms with E-state index in [1.54, 1.807) is 0 Å². The highest BCUT2D eigenvalue weighted by atomic mass is 16.6. The number of rotatable bonds is 5. The molecule has 1 fully saturated rings. The quantitative estimate of drug-likeness (QED) is 0.463. The average molecular weight is 322 g/mol. The molecule has 2 heterocycles. The fourth-order valence-corrected chi connectivity index (χ4v) is 2.14. The summed E-state index contributed by atoms with van der Waals surface area (Å²) >= 11 is 0. The van der Waals surface area contributed by atoms with Gasteiger partial charge in [-0.25, -0.2) is 4.79 Å². The lowest BCUT2D eigenvalue weighted by Gasteiger charge is -2.33. The third-order valence-corrected chi connectivity index (χ3v) is 3.43. The van der Waals surface area contributed by atoms with E-state index >= 15 is 0 Å². The summed E-state index contributed by atoms with van der Waals surface area (Å²) in [6.07, 6.45) is 2.50. The normalized spacial score (nSPS) is 14.7. The van der Waals surface area contributed by atoms with Gasteiger partial charge in [-0.05, 0) is 22.4 Å². The number of pyridine rings is 1. The predicted octanol–water partition coefficient (Wildman–Crippen LogP) is 1.58. The maximum Gasteiger partial charge on any atom is 0.410 e. The van der Waals surface area contributed by atoms with Crippen LogP contribution in [-0.2, 0) is 9.53 Å². The minimum atomic E-state index is -0.601. The van der Waals surface area contributed by atoms with E-state index in [4.69, 9.17) is 4.74 Å². The molecule has 1 aromatic heterocycles. The van der Waals surface area contributed by atoms with Crippen molar-refractivity contribution < 1.29 is 19.2 Å². The molecule has 0 spiro atoms. The molecule has 2 rings (SSSR count). The van der Waals surface area contributed by atoms with Gasteiger partial charge in [-0.2, -0.15) is 0 Å². The molecular formula is C14H18N4O5. The number of hydrogen-bond donors (Lipinski definition) is 0. The van der Waals surface area contributed by atoms with Crippen LogP contribution >= 0.6 is 0 Å². The van der Waals surface area contributed by atoms with Gasteiger partial charge in [-0.15, -0.1) is 0 Å². The summed E-state index contributed by atoms with van der Waals surface area (Å²) in [5.74, 6) is -0.557. The summed E-state index contributed by atoms with van der Waals surface area (Å²) in [6, 6.07) is 2.71. The topological polar surface area (TPSA) is 106 Å². The number of unbranched alkanes of at least 4 members (excludes halogenated alkanes) is 1. The second kappa shape index (κ2) is 7.52. The van der Waals surface area contributed by atoms with E-state index in [1.165, 1.54) is 28.1 Å². The van der Waals surface area contributed by atoms with Crippen LogP contribution in [0.3, 0.4) is 0 Å². The summed E-state index contributed by atoms with van der Waals surface area (Å²) < 4.78 is 5.08. The van der Waals surface area contributed by atoms with Gasteiger partial charge >= 0.3 is 11.9 Å². The molecule has 9 heteroatoms. The molecular weight excluding hydrogens is 304 g/mol. The Labute approximate surface area is 133 Å². The number of anilines is 1. The first-order valence-corrected chi connectivity index (χ1v) is 7.35. The Balaban J connectivity index is 1.94. The van der Waals surface area contributed by atoms with Crippen LogP contribution in [0.25, 0.3) is 0 Å². The van der Waals surface area contributed by atoms with Gasteiger partial charge in [-0.1, -0.05) is 13.3 Å². The highest BCUT2D eigenvalue weighted by molar-refractivity contribution is 5.97. The van der Waals surface area contributed by atoms with Crippen molar-refractivity contribution in [1.29, 1.82) is 0 Å². The standard InChI is InChI=1S/C14H18N4O5/c1-2-3-8-23-14(20)16-6-7-17(13(19)10-16)11-4-5-12(15-9-11)18(21)22/h4-5,9H,2-3,6-8,10H2,1H3. The number of ether oxygens (including phenoxy) is 1. The number of carbonyl (C=O) groups is 2. The molecule has 0 atom stereocenters. The Morgan fingerprint density at radius 1 is 1.43 bits per heavy atom. The van der Waals surface area contributed by atoms with Crippen LogP contribution in [0.1, 0.15) is 19.8 Å². The van der Waals surface area contributed by atoms with E-state index in [-0.39, 0.29) is 18.3 Å². The zero-order chi connectivity index (χ0) is 16.8. The second-order valence-corrected chi connectivity index (χ2v) is 5.07. The van der Waals surface area contributed by atoms with Gasteiger partial charge in [0.15, 0.2) is 6.20 Å². The molecule has 0 unspecified atom stereocenters. The third-order valence-electron chi connectivity index (χ3n) is 3.43. The zero-order valence-corrected chi connectivity index (χ0v) is 12.8. The maximum atomic E-state index is 12.2. The van der Waals surface area contributed by atoms with E-state index in [1.807, 2.05) is 6.92 Å². The van der Waals surface area contributed by atoms with Crippen LogP contribution in [0.15, 0.2) is 18.3 Å². The summed E-state index contributed by atoms with van der Waals surface area (Å²) in [6.45, 7) is 2.89. The van der Waals surface area contributed by atoms with Gasteiger partial charge in [0.25, 0.3) is 0 Å². The van der Waals surface area contributed by atoms with Crippen molar-refractivity contribution in [2.45, 2.75) is 19.8 Å². The summed E-state index contributed by atoms with van der Waals surface area (Å²) in [7, 11) is 0. The van der Waals surface area contributed by atoms with E-state index < -0.39 is 11.0 Å². The fourth-order valence-electron chi connectivity index (χ4n) is 2.14. The van der Waals surface area contributed by atoms with Crippen LogP contribution in [-0.4, -0.2) is 53.0 Å². The smallest absolute Gasteiger partial charge is 0.410 e. The molecule has 0 aliphatic carbocycles. The van der Waals surface area contributed by atoms with Crippen LogP contribution < -0.4 is 4.90 Å². The number of amides is 2. The van der Waals surface area contributed by atoms with E-state index in [0.29, 0.717) is 25.4 Å². The first-order valence-electron chi connectivity index (χ1n) is 7.35. The van der Waals surface area contributed by atoms with Crippen molar-refractivity contribution >= 4 is 23.5 Å². The lowest BCUT2D eigenvalue weighted by atomic mass is 10.2. The molecule has 0 bridgehead atoms. The van der Waals surface area contributed by atoms with Crippen molar-refractivity contribution in [2.75, 3.05) is 31.1 Å². The lowest BCUT2D eigenvalue weighted by Crippen LogP contribution is -2.52. The average Bonchev–Trinajstić information content (AvgIpc) is 2.55. The Bertz CT molecular complexity index is 589. The first-order chi connectivity index (χ1) is 11.0. The molecule has 23 heavy (non-hydrogen) atoms. The number of carbonyl (C=O) groups excluding carboxylic acids is 2. The number of nitrogens with zero attached hydrogens (tertiary/aromatic N) is 4. The third kappa shape index (κ3) is 4.15. The summed E-state index contributed by atoms with van der Waals surface area (Å²) in [5.41, 5.74) is 0.472. The number of nitro groups is 1. The molecule has 1 aromatic rings. The van der Waals surface area contributed by atoms with Crippen LogP contribution in [0.2, 0.25) is 0 Å². The van der Waals surface area contributed by atoms with Gasteiger partial charge in [-0.3, -0.25) is 9.69 Å². The van der Waals surface area contributed by atoms with E-state index in [0.717, 1.165) is 12.8 Å². The fraction of sp³-hybridized carbons (Fsp3) is 0.500. The minimum Gasteiger partial charge on any atom is -0.449 e. The van der Waals surface area contributed by atoms with Crippen molar-refractivity contribution in [3.8, 4) is 0 Å². The molecule has 2 amide bonds. The van der Waals surface area contributed by atoms with Gasteiger partial charge in [0, 0.05) is 19.2 Å². The summed E-state index contributed by atoms with van der Waals surface area (Å²) in [4.78, 5) is 40.5. The number of hydrogen-bond acceptors (Lipinski definition) is 6. The molecule has 124 valence electrons. The first kappa shape index (κ1) is 16.7. The highest BCUT2D eigenvalue weighted by Crippen LogP contribution is 2.19. The number of piperazine rings is 1. The molecule has 1 saturated heterocycles. The molecule has 1 aliphatic rings. The monoisotopic (exact) mass is 322 g/mol. The van der Waals surface area contributed by atoms with Crippen molar-refractivity contribution in [2.24, 2.45) is 0 Å². The summed E-state index contributed by atoms with van der Waals surface area (Å²) in [5, 5.41) is 10.6. The lowest BCUT2D eigenvalue weighted by molar-refractivity contribution is -0.389. The highest BCUT2D eigenvalue weighted by Gasteiger charge is 2.29. The number of aromatic nitrogens is 1. The van der Waals surface area contributed by atoms with Gasteiger partial charge < -0.3 is 19.8 Å². The Morgan fingerprint density at radius 2 is 2.22 bits per heavy atom. The molecule has 1 aliphatic heterocycles. The molecule has 0 saturated carbocycles. The minimum absolute atomic E-state index is 0.0814. The van der Waals surface area contributed by atoms with Crippen molar-refractivity contribution in [1.82, 2.24) is 9.88 Å².